The Kier molecular flexibility index (Phi) is 3.02. The van der Waals surface area contributed by atoms with Crippen molar-refractivity contribution in [1.82, 2.24) is 0 Å². The Balaban J connectivity index is 3.04. The van der Waals surface area contributed by atoms with Gasteiger partial charge in [0.1, 0.15) is 0 Å². The van der Waals surface area contributed by atoms with E-state index in [1.807, 2.05) is 0 Å². The van der Waals surface area contributed by atoms with Gasteiger partial charge in [0, 0.05) is 0 Å². The number of aliphatic carboxylic acids is 1. The van der Waals surface area contributed by atoms with Crippen molar-refractivity contribution in [1.29, 1.82) is 0 Å². The molecule has 0 aliphatic rings. The van der Waals surface area contributed by atoms with Crippen LogP contribution in [0.25, 0.3) is 0 Å². The number of halogens is 3. The predicted molar refractivity (Wildman–Crippen MR) is 47.5 cm³/mol. The van der Waals surface area contributed by atoms with Crippen LogP contribution in [-0.4, -0.2) is 11.1 Å². The van der Waals surface area contributed by atoms with Crippen molar-refractivity contribution in [3.05, 3.63) is 34.9 Å². The second kappa shape index (κ2) is 3.92. The quantitative estimate of drug-likeness (QED) is 0.828. The summed E-state index contributed by atoms with van der Waals surface area (Å²) in [5, 5.41) is 8.46. The highest BCUT2D eigenvalue weighted by molar-refractivity contribution is 5.70. The van der Waals surface area contributed by atoms with Crippen LogP contribution in [0.3, 0.4) is 0 Å². The Morgan fingerprint density at radius 3 is 2.40 bits per heavy atom. The van der Waals surface area contributed by atoms with Gasteiger partial charge in [-0.2, -0.15) is 13.2 Å². The van der Waals surface area contributed by atoms with E-state index in [-0.39, 0.29) is 12.0 Å². The predicted octanol–water partition coefficient (Wildman–Crippen LogP) is 2.64. The van der Waals surface area contributed by atoms with Crippen LogP contribution in [0, 0.1) is 6.92 Å². The lowest BCUT2D eigenvalue weighted by molar-refractivity contribution is -0.138. The fraction of sp³-hybridized carbons (Fsp3) is 0.300. The van der Waals surface area contributed by atoms with E-state index in [1.54, 1.807) is 0 Å². The van der Waals surface area contributed by atoms with Crippen molar-refractivity contribution in [2.75, 3.05) is 0 Å². The first-order chi connectivity index (χ1) is 6.80. The third kappa shape index (κ3) is 2.97. The molecule has 0 aliphatic carbocycles. The van der Waals surface area contributed by atoms with E-state index >= 15 is 0 Å². The maximum absolute atomic E-state index is 12.3. The van der Waals surface area contributed by atoms with Crippen LogP contribution < -0.4 is 0 Å². The Labute approximate surface area is 84.3 Å². The smallest absolute Gasteiger partial charge is 0.416 e. The summed E-state index contributed by atoms with van der Waals surface area (Å²) in [5.41, 5.74) is -0.314. The van der Waals surface area contributed by atoms with Crippen molar-refractivity contribution < 1.29 is 23.1 Å². The van der Waals surface area contributed by atoms with Crippen LogP contribution in [0.1, 0.15) is 16.7 Å². The van der Waals surface area contributed by atoms with Crippen molar-refractivity contribution in [2.45, 2.75) is 19.5 Å². The molecule has 1 aromatic carbocycles. The zero-order valence-corrected chi connectivity index (χ0v) is 7.93. The lowest BCUT2D eigenvalue weighted by Gasteiger charge is -2.10. The van der Waals surface area contributed by atoms with E-state index in [1.165, 1.54) is 19.1 Å². The normalized spacial score (nSPS) is 11.5. The van der Waals surface area contributed by atoms with E-state index < -0.39 is 17.7 Å². The average Bonchev–Trinajstić information content (AvgIpc) is 1.99. The first-order valence-corrected chi connectivity index (χ1v) is 4.19. The van der Waals surface area contributed by atoms with Gasteiger partial charge in [0.05, 0.1) is 12.0 Å². The Bertz CT molecular complexity index is 383. The summed E-state index contributed by atoms with van der Waals surface area (Å²) in [6.07, 6.45) is -4.65. The Morgan fingerprint density at radius 1 is 1.40 bits per heavy atom. The number of carboxylic acid groups (broad SMARTS) is 1. The van der Waals surface area contributed by atoms with Crippen molar-refractivity contribution in [2.24, 2.45) is 0 Å². The zero-order valence-electron chi connectivity index (χ0n) is 7.93. The number of benzene rings is 1. The van der Waals surface area contributed by atoms with E-state index in [0.717, 1.165) is 6.07 Å². The minimum absolute atomic E-state index is 0.0428. The van der Waals surface area contributed by atoms with Crippen LogP contribution in [0.15, 0.2) is 18.2 Å². The number of hydrogen-bond donors (Lipinski definition) is 1. The molecule has 0 bridgehead atoms. The standard InChI is InChI=1S/C10H9F3O2/c1-6-4-7(5-9(14)15)2-3-8(6)10(11,12)13/h2-4H,5H2,1H3,(H,14,15). The van der Waals surface area contributed by atoms with Gasteiger partial charge in [-0.25, -0.2) is 0 Å². The summed E-state index contributed by atoms with van der Waals surface area (Å²) >= 11 is 0. The van der Waals surface area contributed by atoms with Crippen molar-refractivity contribution in [3.8, 4) is 0 Å². The van der Waals surface area contributed by atoms with E-state index in [4.69, 9.17) is 5.11 Å². The number of carbonyl (C=O) groups is 1. The molecular formula is C10H9F3O2. The molecule has 2 nitrogen and oxygen atoms in total. The van der Waals surface area contributed by atoms with Crippen LogP contribution in [-0.2, 0) is 17.4 Å². The number of hydrogen-bond acceptors (Lipinski definition) is 1. The Hall–Kier alpha value is -1.52. The molecule has 82 valence electrons. The third-order valence-corrected chi connectivity index (χ3v) is 1.95. The second-order valence-corrected chi connectivity index (χ2v) is 3.22. The van der Waals surface area contributed by atoms with E-state index in [2.05, 4.69) is 0 Å². The van der Waals surface area contributed by atoms with Crippen LogP contribution >= 0.6 is 0 Å². The number of aryl methyl sites for hydroxylation is 1. The van der Waals surface area contributed by atoms with Gasteiger partial charge in [-0.05, 0) is 24.1 Å². The summed E-state index contributed by atoms with van der Waals surface area (Å²) in [7, 11) is 0. The number of rotatable bonds is 2. The molecule has 0 fully saturated rings. The number of carboxylic acids is 1. The molecule has 0 unspecified atom stereocenters. The van der Waals surface area contributed by atoms with Gasteiger partial charge in [0.25, 0.3) is 0 Å². The van der Waals surface area contributed by atoms with Crippen LogP contribution in [0.5, 0.6) is 0 Å². The molecule has 1 aromatic rings. The SMILES string of the molecule is Cc1cc(CC(=O)O)ccc1C(F)(F)F. The summed E-state index contributed by atoms with van der Waals surface area (Å²) in [4.78, 5) is 10.3. The molecule has 1 N–H and O–H groups in total. The molecule has 0 radical (unpaired) electrons. The van der Waals surface area contributed by atoms with Gasteiger partial charge < -0.3 is 5.11 Å². The van der Waals surface area contributed by atoms with Gasteiger partial charge in [0.2, 0.25) is 0 Å². The van der Waals surface area contributed by atoms with Crippen LogP contribution in [0.4, 0.5) is 13.2 Å². The van der Waals surface area contributed by atoms with E-state index in [0.29, 0.717) is 5.56 Å². The fourth-order valence-corrected chi connectivity index (χ4v) is 1.33. The Morgan fingerprint density at radius 2 is 2.00 bits per heavy atom. The molecule has 0 aliphatic heterocycles. The van der Waals surface area contributed by atoms with Crippen molar-refractivity contribution in [3.63, 3.8) is 0 Å². The van der Waals surface area contributed by atoms with Gasteiger partial charge >= 0.3 is 12.1 Å². The fourth-order valence-electron chi connectivity index (χ4n) is 1.33. The van der Waals surface area contributed by atoms with E-state index in [9.17, 15) is 18.0 Å². The second-order valence-electron chi connectivity index (χ2n) is 3.22. The molecule has 0 aromatic heterocycles. The molecule has 1 rings (SSSR count). The largest absolute Gasteiger partial charge is 0.481 e. The molecule has 15 heavy (non-hydrogen) atoms. The summed E-state index contributed by atoms with van der Waals surface area (Å²) < 4.78 is 37.0. The van der Waals surface area contributed by atoms with Gasteiger partial charge in [-0.3, -0.25) is 4.79 Å². The summed E-state index contributed by atoms with van der Waals surface area (Å²) in [5.74, 6) is -1.06. The highest BCUT2D eigenvalue weighted by Gasteiger charge is 2.32. The van der Waals surface area contributed by atoms with Crippen molar-refractivity contribution >= 4 is 5.97 Å². The lowest BCUT2D eigenvalue weighted by Crippen LogP contribution is -2.08. The van der Waals surface area contributed by atoms with Gasteiger partial charge in [-0.15, -0.1) is 0 Å². The summed E-state index contributed by atoms with van der Waals surface area (Å²) in [6.45, 7) is 1.31. The monoisotopic (exact) mass is 218 g/mol. The molecule has 0 atom stereocenters. The van der Waals surface area contributed by atoms with Gasteiger partial charge in [0.15, 0.2) is 0 Å². The minimum atomic E-state index is -4.38. The zero-order chi connectivity index (χ0) is 11.6. The first-order valence-electron chi connectivity index (χ1n) is 4.19. The highest BCUT2D eigenvalue weighted by Crippen LogP contribution is 2.31. The van der Waals surface area contributed by atoms with Gasteiger partial charge in [-0.1, -0.05) is 12.1 Å². The maximum atomic E-state index is 12.3. The average molecular weight is 218 g/mol. The number of alkyl halides is 3. The molecule has 5 heteroatoms. The topological polar surface area (TPSA) is 37.3 Å². The molecule has 0 heterocycles. The lowest BCUT2D eigenvalue weighted by atomic mass is 10.0. The molecule has 0 amide bonds. The van der Waals surface area contributed by atoms with Crippen LogP contribution in [0.2, 0.25) is 0 Å². The molecular weight excluding hydrogens is 209 g/mol. The molecule has 0 saturated heterocycles. The molecule has 0 spiro atoms. The minimum Gasteiger partial charge on any atom is -0.481 e. The first kappa shape index (κ1) is 11.6. The summed E-state index contributed by atoms with van der Waals surface area (Å²) in [6, 6.07) is 3.34. The maximum Gasteiger partial charge on any atom is 0.416 e. The molecule has 0 saturated carbocycles. The highest BCUT2D eigenvalue weighted by atomic mass is 19.4. The third-order valence-electron chi connectivity index (χ3n) is 1.95.